The topological polar surface area (TPSA) is 38.7 Å². The van der Waals surface area contributed by atoms with E-state index in [0.717, 1.165) is 33.4 Å². The first-order valence-electron chi connectivity index (χ1n) is 18.4. The van der Waals surface area contributed by atoms with Gasteiger partial charge in [-0.2, -0.15) is 0 Å². The van der Waals surface area contributed by atoms with Crippen molar-refractivity contribution in [1.29, 1.82) is 0 Å². The highest BCUT2D eigenvalue weighted by atomic mass is 32.1. The molecule has 0 unspecified atom stereocenters. The van der Waals surface area contributed by atoms with Crippen molar-refractivity contribution in [2.24, 2.45) is 0 Å². The van der Waals surface area contributed by atoms with Crippen molar-refractivity contribution in [3.05, 3.63) is 200 Å². The lowest BCUT2D eigenvalue weighted by Crippen LogP contribution is -2.00. The van der Waals surface area contributed by atoms with Gasteiger partial charge >= 0.3 is 0 Å². The van der Waals surface area contributed by atoms with Gasteiger partial charge in [0.25, 0.3) is 0 Å². The monoisotopic (exact) mass is 719 g/mol. The van der Waals surface area contributed by atoms with E-state index in [2.05, 4.69) is 182 Å². The molecule has 0 atom stereocenters. The normalized spacial score (nSPS) is 11.3. The zero-order valence-electron chi connectivity index (χ0n) is 29.8. The van der Waals surface area contributed by atoms with Gasteiger partial charge in [0.15, 0.2) is 17.5 Å². The fraction of sp³-hybridized carbons (Fsp3) is 0. The first-order chi connectivity index (χ1) is 27.2. The molecule has 4 heteroatoms. The van der Waals surface area contributed by atoms with E-state index < -0.39 is 0 Å². The number of fused-ring (bicyclic) bond motifs is 3. The summed E-state index contributed by atoms with van der Waals surface area (Å²) in [5.41, 5.74) is 12.2. The molecule has 0 N–H and O–H groups in total. The van der Waals surface area contributed by atoms with E-state index >= 15 is 0 Å². The smallest absolute Gasteiger partial charge is 0.164 e. The third kappa shape index (κ3) is 6.50. The van der Waals surface area contributed by atoms with E-state index in [4.69, 9.17) is 15.0 Å². The van der Waals surface area contributed by atoms with Crippen LogP contribution in [0.5, 0.6) is 0 Å². The zero-order valence-corrected chi connectivity index (χ0v) is 30.6. The molecule has 0 amide bonds. The molecule has 3 nitrogen and oxygen atoms in total. The molecule has 0 bridgehead atoms. The average molecular weight is 720 g/mol. The maximum atomic E-state index is 5.13. The van der Waals surface area contributed by atoms with Crippen molar-refractivity contribution < 1.29 is 0 Å². The Morgan fingerprint density at radius 1 is 0.236 bits per heavy atom. The molecule has 55 heavy (non-hydrogen) atoms. The third-order valence-corrected chi connectivity index (χ3v) is 11.3. The summed E-state index contributed by atoms with van der Waals surface area (Å²) in [7, 11) is 0. The van der Waals surface area contributed by atoms with Gasteiger partial charge in [-0.25, -0.2) is 15.0 Å². The molecule has 0 radical (unpaired) electrons. The first kappa shape index (κ1) is 32.6. The van der Waals surface area contributed by atoms with Crippen LogP contribution in [0.15, 0.2) is 200 Å². The molecule has 0 aliphatic heterocycles. The lowest BCUT2D eigenvalue weighted by atomic mass is 9.92. The predicted molar refractivity (Wildman–Crippen MR) is 231 cm³/mol. The maximum absolute atomic E-state index is 5.13. The Hall–Kier alpha value is -7.01. The van der Waals surface area contributed by atoms with Crippen molar-refractivity contribution in [2.75, 3.05) is 0 Å². The third-order valence-electron chi connectivity index (χ3n) is 10.1. The second-order valence-corrected chi connectivity index (χ2v) is 14.8. The number of aromatic nitrogens is 3. The van der Waals surface area contributed by atoms with Gasteiger partial charge in [-0.05, 0) is 99.1 Å². The van der Waals surface area contributed by atoms with Gasteiger partial charge < -0.3 is 0 Å². The molecule has 0 spiro atoms. The fourth-order valence-electron chi connectivity index (χ4n) is 7.32. The summed E-state index contributed by atoms with van der Waals surface area (Å²) in [6.07, 6.45) is 0. The molecule has 10 rings (SSSR count). The standard InChI is InChI=1S/C51H33N3S/c1-4-14-34(15-5-1)42-30-43(35-16-6-2-7-17-35)32-44(31-42)39-22-12-20-37(28-39)38-21-13-23-40(29-38)50-52-49(36-18-8-3-9-19-36)53-51(54-50)41-26-27-48-46(33-41)45-24-10-11-25-47(45)55-48/h1-33H. The number of rotatable bonds is 7. The van der Waals surface area contributed by atoms with Gasteiger partial charge in [0, 0.05) is 36.9 Å². The minimum absolute atomic E-state index is 0.639. The number of hydrogen-bond acceptors (Lipinski definition) is 4. The van der Waals surface area contributed by atoms with Crippen molar-refractivity contribution in [1.82, 2.24) is 15.0 Å². The number of hydrogen-bond donors (Lipinski definition) is 0. The van der Waals surface area contributed by atoms with Crippen LogP contribution in [0.4, 0.5) is 0 Å². The second kappa shape index (κ2) is 14.1. The van der Waals surface area contributed by atoms with Gasteiger partial charge in [0.1, 0.15) is 0 Å². The molecular formula is C51H33N3S. The molecule has 258 valence electrons. The number of benzene rings is 8. The van der Waals surface area contributed by atoms with Crippen LogP contribution in [0.3, 0.4) is 0 Å². The van der Waals surface area contributed by atoms with Crippen LogP contribution in [0.1, 0.15) is 0 Å². The highest BCUT2D eigenvalue weighted by Crippen LogP contribution is 2.38. The van der Waals surface area contributed by atoms with E-state index in [9.17, 15) is 0 Å². The molecule has 8 aromatic carbocycles. The first-order valence-corrected chi connectivity index (χ1v) is 19.2. The number of thiophene rings is 1. The van der Waals surface area contributed by atoms with Gasteiger partial charge in [0.2, 0.25) is 0 Å². The SMILES string of the molecule is c1ccc(-c2cc(-c3ccccc3)cc(-c3cccc(-c4cccc(-c5nc(-c6ccccc6)nc(-c6ccc7sc8ccccc8c7c6)n5)c4)c3)c2)cc1. The van der Waals surface area contributed by atoms with Gasteiger partial charge in [-0.15, -0.1) is 11.3 Å². The van der Waals surface area contributed by atoms with Crippen LogP contribution in [0.25, 0.3) is 98.8 Å². The summed E-state index contributed by atoms with van der Waals surface area (Å²) in [6.45, 7) is 0. The highest BCUT2D eigenvalue weighted by molar-refractivity contribution is 7.25. The summed E-state index contributed by atoms with van der Waals surface area (Å²) in [4.78, 5) is 15.2. The Bertz CT molecular complexity index is 2910. The Labute approximate surface area is 323 Å². The van der Waals surface area contributed by atoms with Crippen LogP contribution < -0.4 is 0 Å². The Balaban J connectivity index is 1.06. The molecule has 0 fully saturated rings. The maximum Gasteiger partial charge on any atom is 0.164 e. The molecule has 2 aromatic heterocycles. The van der Waals surface area contributed by atoms with Crippen LogP contribution in [-0.4, -0.2) is 15.0 Å². The van der Waals surface area contributed by atoms with Crippen LogP contribution >= 0.6 is 11.3 Å². The second-order valence-electron chi connectivity index (χ2n) is 13.7. The van der Waals surface area contributed by atoms with Crippen molar-refractivity contribution in [3.8, 4) is 78.7 Å². The van der Waals surface area contributed by atoms with E-state index in [1.165, 1.54) is 48.0 Å². The molecule has 0 saturated carbocycles. The van der Waals surface area contributed by atoms with E-state index in [1.807, 2.05) is 29.5 Å². The quantitative estimate of drug-likeness (QED) is 0.165. The number of nitrogens with zero attached hydrogens (tertiary/aromatic N) is 3. The predicted octanol–water partition coefficient (Wildman–Crippen LogP) is 13.9. The molecule has 0 aliphatic carbocycles. The van der Waals surface area contributed by atoms with E-state index in [-0.39, 0.29) is 0 Å². The fourth-order valence-corrected chi connectivity index (χ4v) is 8.41. The summed E-state index contributed by atoms with van der Waals surface area (Å²) in [5.74, 6) is 1.94. The summed E-state index contributed by atoms with van der Waals surface area (Å²) >= 11 is 1.81. The Morgan fingerprint density at radius 2 is 0.618 bits per heavy atom. The molecular weight excluding hydrogens is 687 g/mol. The highest BCUT2D eigenvalue weighted by Gasteiger charge is 2.15. The van der Waals surface area contributed by atoms with Gasteiger partial charge in [-0.1, -0.05) is 146 Å². The van der Waals surface area contributed by atoms with Crippen molar-refractivity contribution in [2.45, 2.75) is 0 Å². The minimum Gasteiger partial charge on any atom is -0.208 e. The molecule has 10 aromatic rings. The zero-order chi connectivity index (χ0) is 36.6. The largest absolute Gasteiger partial charge is 0.208 e. The summed E-state index contributed by atoms with van der Waals surface area (Å²) < 4.78 is 2.53. The van der Waals surface area contributed by atoms with Crippen LogP contribution in [0, 0.1) is 0 Å². The van der Waals surface area contributed by atoms with E-state index in [0.29, 0.717) is 17.5 Å². The lowest BCUT2D eigenvalue weighted by Gasteiger charge is -2.13. The van der Waals surface area contributed by atoms with Crippen LogP contribution in [-0.2, 0) is 0 Å². The summed E-state index contributed by atoms with van der Waals surface area (Å²) in [5, 5.41) is 2.47. The van der Waals surface area contributed by atoms with E-state index in [1.54, 1.807) is 0 Å². The van der Waals surface area contributed by atoms with Crippen molar-refractivity contribution >= 4 is 31.5 Å². The van der Waals surface area contributed by atoms with Gasteiger partial charge in [-0.3, -0.25) is 0 Å². The Kier molecular flexibility index (Phi) is 8.36. The Morgan fingerprint density at radius 3 is 1.22 bits per heavy atom. The molecule has 0 aliphatic rings. The minimum atomic E-state index is 0.639. The summed E-state index contributed by atoms with van der Waals surface area (Å²) in [6, 6.07) is 70.7. The molecule has 2 heterocycles. The van der Waals surface area contributed by atoms with Crippen molar-refractivity contribution in [3.63, 3.8) is 0 Å². The average Bonchev–Trinajstić information content (AvgIpc) is 3.65. The molecule has 0 saturated heterocycles. The van der Waals surface area contributed by atoms with Gasteiger partial charge in [0.05, 0.1) is 0 Å². The lowest BCUT2D eigenvalue weighted by molar-refractivity contribution is 1.07. The van der Waals surface area contributed by atoms with Crippen LogP contribution in [0.2, 0.25) is 0 Å².